The highest BCUT2D eigenvalue weighted by Gasteiger charge is 2.25. The van der Waals surface area contributed by atoms with Gasteiger partial charge < -0.3 is 22.8 Å². The average molecular weight is 1500 g/mol. The quantitative estimate of drug-likeness (QED) is 0.130. The van der Waals surface area contributed by atoms with Gasteiger partial charge in [-0.05, 0) is 233 Å². The molecule has 0 saturated carbocycles. The molecule has 8 nitrogen and oxygen atoms in total. The molecule has 0 fully saturated rings. The zero-order valence-electron chi connectivity index (χ0n) is 63.8. The van der Waals surface area contributed by atoms with Crippen LogP contribution in [0.3, 0.4) is 0 Å². The van der Waals surface area contributed by atoms with Crippen molar-refractivity contribution in [3.8, 4) is 90.2 Å². The van der Waals surface area contributed by atoms with Gasteiger partial charge in [0, 0.05) is 104 Å². The summed E-state index contributed by atoms with van der Waals surface area (Å²) in [5.41, 5.74) is 31.0. The minimum absolute atomic E-state index is 0.590. The number of rotatable bonds is 11. The van der Waals surface area contributed by atoms with Crippen LogP contribution in [-0.2, 0) is 0 Å². The zero-order valence-corrected chi connectivity index (χ0v) is 63.8. The topological polar surface area (TPSA) is 55.4 Å². The van der Waals surface area contributed by atoms with Crippen LogP contribution in [0.15, 0.2) is 413 Å². The summed E-state index contributed by atoms with van der Waals surface area (Å²) >= 11 is 0. The molecular weight excluding hydrogens is 1430 g/mol. The lowest BCUT2D eigenvalue weighted by atomic mass is 9.98. The van der Waals surface area contributed by atoms with E-state index in [2.05, 4.69) is 440 Å². The molecule has 0 aliphatic carbocycles. The van der Waals surface area contributed by atoms with Gasteiger partial charge in [-0.15, -0.1) is 0 Å². The normalized spacial score (nSPS) is 12.1. The first-order valence-electron chi connectivity index (χ1n) is 40.4. The van der Waals surface area contributed by atoms with Gasteiger partial charge in [0.1, 0.15) is 0 Å². The van der Waals surface area contributed by atoms with Gasteiger partial charge in [0.15, 0.2) is 0 Å². The molecule has 25 rings (SSSR count). The number of hydrogen-bond donors (Lipinski definition) is 0. The summed E-state index contributed by atoms with van der Waals surface area (Å²) in [5.74, 6) is 0.590. The molecule has 118 heavy (non-hydrogen) atoms. The van der Waals surface area contributed by atoms with Crippen molar-refractivity contribution >= 4 is 142 Å². The van der Waals surface area contributed by atoms with Crippen LogP contribution in [0.5, 0.6) is 0 Å². The summed E-state index contributed by atoms with van der Waals surface area (Å²) in [6.45, 7) is 0. The second kappa shape index (κ2) is 25.8. The van der Waals surface area contributed by atoms with Gasteiger partial charge in [-0.25, -0.2) is 9.97 Å². The van der Waals surface area contributed by atoms with E-state index in [1.165, 1.54) is 87.2 Å². The van der Waals surface area contributed by atoms with Crippen LogP contribution < -0.4 is 0 Å². The summed E-state index contributed by atoms with van der Waals surface area (Å²) in [4.78, 5) is 11.4. The van der Waals surface area contributed by atoms with Crippen molar-refractivity contribution in [2.45, 2.75) is 0 Å². The van der Waals surface area contributed by atoms with Crippen LogP contribution in [0.4, 0.5) is 0 Å². The van der Waals surface area contributed by atoms with E-state index < -0.39 is 0 Å². The van der Waals surface area contributed by atoms with Crippen molar-refractivity contribution in [1.29, 1.82) is 0 Å². The second-order valence-corrected chi connectivity index (χ2v) is 31.2. The SMILES string of the molecule is c1ccc(-n2c3ccccc3c3cc(-c4ccc5c(c4)c4cc(-c6ccc7c(c6)c6ccccc6n7-c6ccccc6)ccc4n5-c4cccc(-c5nc(-n6c7ccc(-c8ccc9c(c8)c8ccccc8n9-c8ccccc8)cc7c7cc(-c8ccc9c(c8)c8ccccc8n9-c8ccccc8)ccc76)nc6ccccc56)c4)ccc32)cc1. The molecule has 18 aromatic carbocycles. The van der Waals surface area contributed by atoms with Gasteiger partial charge in [-0.1, -0.05) is 224 Å². The number of hydrogen-bond acceptors (Lipinski definition) is 2. The summed E-state index contributed by atoms with van der Waals surface area (Å²) in [6.07, 6.45) is 0. The lowest BCUT2D eigenvalue weighted by Crippen LogP contribution is -2.04. The molecule has 0 aliphatic rings. The first-order valence-corrected chi connectivity index (χ1v) is 40.4. The standard InChI is InChI=1S/C110H68N8/c1-5-25-78(26-6-1)113-97-40-19-14-34-83(97)88-61-69(44-52-101(88)113)73-48-56-105-92(65-73)93-66-74(70-45-53-102-89(62-70)84-35-15-20-41-98(84)114(102)79-27-7-2-8-28-79)49-57-106(93)117(105)82-33-23-24-77(60-82)109-87-38-13-18-39-96(87)111-110(112-109)118-107-58-50-75(71-46-54-103-90(63-71)85-36-16-21-42-99(85)115(103)80-29-9-3-10-30-80)67-94(107)95-68-76(51-59-108(95)118)72-47-55-104-91(64-72)86-37-17-22-43-100(86)116(104)81-31-11-4-12-32-81/h1-68H. The van der Waals surface area contributed by atoms with Crippen molar-refractivity contribution in [3.63, 3.8) is 0 Å². The molecule has 7 aromatic heterocycles. The molecule has 548 valence electrons. The van der Waals surface area contributed by atoms with E-state index in [0.29, 0.717) is 5.95 Å². The van der Waals surface area contributed by atoms with Crippen LogP contribution >= 0.6 is 0 Å². The van der Waals surface area contributed by atoms with Crippen molar-refractivity contribution in [2.75, 3.05) is 0 Å². The fourth-order valence-electron chi connectivity index (χ4n) is 19.5. The number of para-hydroxylation sites is 9. The Labute approximate surface area is 677 Å². The van der Waals surface area contributed by atoms with Crippen LogP contribution in [0.1, 0.15) is 0 Å². The largest absolute Gasteiger partial charge is 0.309 e. The zero-order chi connectivity index (χ0) is 77.2. The number of benzene rings is 18. The van der Waals surface area contributed by atoms with Gasteiger partial charge in [-0.2, -0.15) is 0 Å². The maximum absolute atomic E-state index is 5.85. The smallest absolute Gasteiger partial charge is 0.235 e. The van der Waals surface area contributed by atoms with Crippen molar-refractivity contribution in [2.24, 2.45) is 0 Å². The Bertz CT molecular complexity index is 8060. The molecule has 0 spiro atoms. The molecule has 25 aromatic rings. The average Bonchev–Trinajstić information content (AvgIpc) is 1.56. The molecule has 0 radical (unpaired) electrons. The lowest BCUT2D eigenvalue weighted by Gasteiger charge is -2.14. The van der Waals surface area contributed by atoms with Crippen molar-refractivity contribution < 1.29 is 0 Å². The van der Waals surface area contributed by atoms with Gasteiger partial charge >= 0.3 is 0 Å². The van der Waals surface area contributed by atoms with E-state index in [0.717, 1.165) is 139 Å². The lowest BCUT2D eigenvalue weighted by molar-refractivity contribution is 1.01. The summed E-state index contributed by atoms with van der Waals surface area (Å²) in [5, 5.41) is 15.2. The van der Waals surface area contributed by atoms with E-state index in [9.17, 15) is 0 Å². The predicted molar refractivity (Wildman–Crippen MR) is 493 cm³/mol. The van der Waals surface area contributed by atoms with Crippen LogP contribution in [0, 0.1) is 0 Å². The maximum Gasteiger partial charge on any atom is 0.235 e. The Kier molecular flexibility index (Phi) is 14.4. The van der Waals surface area contributed by atoms with E-state index in [1.54, 1.807) is 0 Å². The summed E-state index contributed by atoms with van der Waals surface area (Å²) in [6, 6.07) is 151. The van der Waals surface area contributed by atoms with Gasteiger partial charge in [0.25, 0.3) is 0 Å². The predicted octanol–water partition coefficient (Wildman–Crippen LogP) is 28.5. The molecular formula is C110H68N8. The Balaban J connectivity index is 0.664. The fraction of sp³-hybridized carbons (Fsp3) is 0. The Morgan fingerprint density at radius 2 is 0.364 bits per heavy atom. The first-order chi connectivity index (χ1) is 58.5. The Morgan fingerprint density at radius 3 is 0.669 bits per heavy atom. The molecule has 0 N–H and O–H groups in total. The molecule has 0 amide bonds. The van der Waals surface area contributed by atoms with Gasteiger partial charge in [0.2, 0.25) is 5.95 Å². The van der Waals surface area contributed by atoms with Crippen molar-refractivity contribution in [1.82, 2.24) is 37.4 Å². The second-order valence-electron chi connectivity index (χ2n) is 31.2. The molecule has 0 unspecified atom stereocenters. The highest BCUT2D eigenvalue weighted by Crippen LogP contribution is 2.46. The maximum atomic E-state index is 5.85. The summed E-state index contributed by atoms with van der Waals surface area (Å²) in [7, 11) is 0. The molecule has 0 saturated heterocycles. The van der Waals surface area contributed by atoms with E-state index in [4.69, 9.17) is 9.97 Å². The third-order valence-electron chi connectivity index (χ3n) is 24.8. The monoisotopic (exact) mass is 1500 g/mol. The van der Waals surface area contributed by atoms with Crippen LogP contribution in [0.2, 0.25) is 0 Å². The van der Waals surface area contributed by atoms with Gasteiger partial charge in [-0.3, -0.25) is 4.57 Å². The minimum Gasteiger partial charge on any atom is -0.309 e. The minimum atomic E-state index is 0.590. The highest BCUT2D eigenvalue weighted by atomic mass is 15.2. The fourth-order valence-corrected chi connectivity index (χ4v) is 19.5. The van der Waals surface area contributed by atoms with E-state index in [1.807, 2.05) is 0 Å². The van der Waals surface area contributed by atoms with E-state index >= 15 is 0 Å². The highest BCUT2D eigenvalue weighted by molar-refractivity contribution is 6.18. The van der Waals surface area contributed by atoms with Crippen LogP contribution in [-0.4, -0.2) is 37.4 Å². The molecule has 0 bridgehead atoms. The number of aromatic nitrogens is 8. The first kappa shape index (κ1) is 65.6. The molecule has 0 atom stereocenters. The molecule has 8 heteroatoms. The third-order valence-corrected chi connectivity index (χ3v) is 24.8. The Hall–Kier alpha value is -15.9. The number of fused-ring (bicyclic) bond motifs is 19. The van der Waals surface area contributed by atoms with Gasteiger partial charge in [0.05, 0.1) is 77.4 Å². The third kappa shape index (κ3) is 10.0. The number of nitrogens with zero attached hydrogens (tertiary/aromatic N) is 8. The molecule has 0 aliphatic heterocycles. The Morgan fingerprint density at radius 1 is 0.136 bits per heavy atom. The summed E-state index contributed by atoms with van der Waals surface area (Å²) < 4.78 is 14.3. The molecule has 7 heterocycles. The van der Waals surface area contributed by atoms with Crippen LogP contribution in [0.25, 0.3) is 232 Å². The van der Waals surface area contributed by atoms with Crippen molar-refractivity contribution in [3.05, 3.63) is 413 Å². The van der Waals surface area contributed by atoms with E-state index in [-0.39, 0.29) is 0 Å².